The Kier molecular flexibility index (Phi) is 3.57. The first-order valence-electron chi connectivity index (χ1n) is 7.97. The summed E-state index contributed by atoms with van der Waals surface area (Å²) in [7, 11) is 0. The maximum absolute atomic E-state index is 12.5. The van der Waals surface area contributed by atoms with E-state index in [1.165, 1.54) is 42.4 Å². The summed E-state index contributed by atoms with van der Waals surface area (Å²) in [4.78, 5) is 14.6. The van der Waals surface area contributed by atoms with E-state index in [1.807, 2.05) is 0 Å². The van der Waals surface area contributed by atoms with Crippen molar-refractivity contribution < 1.29 is 4.79 Å². The molecule has 0 N–H and O–H groups in total. The van der Waals surface area contributed by atoms with E-state index in [-0.39, 0.29) is 5.54 Å². The van der Waals surface area contributed by atoms with Crippen LogP contribution in [0.4, 0.5) is 0 Å². The van der Waals surface area contributed by atoms with E-state index in [0.29, 0.717) is 12.3 Å². The first kappa shape index (κ1) is 13.7. The number of rotatable bonds is 2. The highest BCUT2D eigenvalue weighted by atomic mass is 16.2. The molecule has 20 heavy (non-hydrogen) atoms. The molecule has 1 fully saturated rings. The molecule has 1 aliphatic carbocycles. The monoisotopic (exact) mass is 271 g/mol. The zero-order valence-corrected chi connectivity index (χ0v) is 12.7. The number of amides is 1. The van der Waals surface area contributed by atoms with Crippen LogP contribution in [0.15, 0.2) is 18.2 Å². The fourth-order valence-electron chi connectivity index (χ4n) is 3.74. The van der Waals surface area contributed by atoms with Gasteiger partial charge in [-0.3, -0.25) is 4.79 Å². The second-order valence-electron chi connectivity index (χ2n) is 6.95. The number of hydrogen-bond acceptors (Lipinski definition) is 1. The Labute approximate surface area is 122 Å². The van der Waals surface area contributed by atoms with Crippen molar-refractivity contribution in [3.63, 3.8) is 0 Å². The molecule has 0 unspecified atom stereocenters. The van der Waals surface area contributed by atoms with Crippen molar-refractivity contribution in [2.75, 3.05) is 6.54 Å². The number of nitrogens with zero attached hydrogens (tertiary/aromatic N) is 1. The smallest absolute Gasteiger partial charge is 0.227 e. The first-order valence-corrected chi connectivity index (χ1v) is 7.97. The van der Waals surface area contributed by atoms with E-state index in [4.69, 9.17) is 0 Å². The summed E-state index contributed by atoms with van der Waals surface area (Å²) in [5.74, 6) is 0.295. The van der Waals surface area contributed by atoms with Crippen molar-refractivity contribution in [1.29, 1.82) is 0 Å². The molecule has 2 nitrogen and oxygen atoms in total. The van der Waals surface area contributed by atoms with Gasteiger partial charge in [0, 0.05) is 12.1 Å². The number of aryl methyl sites for hydroxylation is 2. The highest BCUT2D eigenvalue weighted by Gasteiger charge is 2.35. The summed E-state index contributed by atoms with van der Waals surface area (Å²) < 4.78 is 0. The van der Waals surface area contributed by atoms with E-state index >= 15 is 0 Å². The fourth-order valence-corrected chi connectivity index (χ4v) is 3.74. The predicted molar refractivity (Wildman–Crippen MR) is 81.8 cm³/mol. The topological polar surface area (TPSA) is 20.3 Å². The van der Waals surface area contributed by atoms with Gasteiger partial charge in [-0.05, 0) is 69.1 Å². The van der Waals surface area contributed by atoms with Gasteiger partial charge >= 0.3 is 0 Å². The molecule has 108 valence electrons. The summed E-state index contributed by atoms with van der Waals surface area (Å²) in [6.07, 6.45) is 7.84. The van der Waals surface area contributed by atoms with E-state index in [1.54, 1.807) is 0 Å². The van der Waals surface area contributed by atoms with Gasteiger partial charge in [0.15, 0.2) is 0 Å². The zero-order valence-electron chi connectivity index (χ0n) is 12.7. The highest BCUT2D eigenvalue weighted by molar-refractivity contribution is 5.80. The molecule has 0 radical (unpaired) electrons. The van der Waals surface area contributed by atoms with Crippen LogP contribution in [0.2, 0.25) is 0 Å². The van der Waals surface area contributed by atoms with Crippen LogP contribution in [0.3, 0.4) is 0 Å². The van der Waals surface area contributed by atoms with Crippen LogP contribution in [0.1, 0.15) is 56.2 Å². The first-order chi connectivity index (χ1) is 9.56. The van der Waals surface area contributed by atoms with Crippen LogP contribution in [-0.2, 0) is 24.1 Å². The molecule has 1 aromatic rings. The number of benzene rings is 1. The van der Waals surface area contributed by atoms with Gasteiger partial charge in [-0.1, -0.05) is 18.2 Å². The third-order valence-electron chi connectivity index (χ3n) is 4.97. The highest BCUT2D eigenvalue weighted by Crippen LogP contribution is 2.29. The quantitative estimate of drug-likeness (QED) is 0.806. The van der Waals surface area contributed by atoms with Gasteiger partial charge in [0.25, 0.3) is 0 Å². The Hall–Kier alpha value is -1.31. The number of fused-ring (bicyclic) bond motifs is 1. The normalized spacial score (nSPS) is 20.8. The largest absolute Gasteiger partial charge is 0.337 e. The molecule has 3 rings (SSSR count). The minimum Gasteiger partial charge on any atom is -0.337 e. The third kappa shape index (κ3) is 2.61. The van der Waals surface area contributed by atoms with Crippen LogP contribution in [-0.4, -0.2) is 22.9 Å². The van der Waals surface area contributed by atoms with E-state index in [9.17, 15) is 4.79 Å². The van der Waals surface area contributed by atoms with Crippen molar-refractivity contribution in [1.82, 2.24) is 4.90 Å². The summed E-state index contributed by atoms with van der Waals surface area (Å²) in [5, 5.41) is 0. The summed E-state index contributed by atoms with van der Waals surface area (Å²) >= 11 is 0. The molecule has 2 aliphatic rings. The van der Waals surface area contributed by atoms with Gasteiger partial charge in [0.05, 0.1) is 6.42 Å². The second kappa shape index (κ2) is 5.23. The standard InChI is InChI=1S/C18H25NO/c1-18(2)10-5-11-19(18)17(20)13-14-8-9-15-6-3-4-7-16(15)12-14/h8-9,12H,3-7,10-11,13H2,1-2H3. The molecule has 1 saturated heterocycles. The van der Waals surface area contributed by atoms with Gasteiger partial charge in [-0.15, -0.1) is 0 Å². The minimum absolute atomic E-state index is 0.0469. The fraction of sp³-hybridized carbons (Fsp3) is 0.611. The van der Waals surface area contributed by atoms with Crippen molar-refractivity contribution in [3.05, 3.63) is 34.9 Å². The molecule has 0 saturated carbocycles. The minimum atomic E-state index is 0.0469. The SMILES string of the molecule is CC1(C)CCCN1C(=O)Cc1ccc2c(c1)CCCC2. The van der Waals surface area contributed by atoms with Crippen LogP contribution in [0.5, 0.6) is 0 Å². The summed E-state index contributed by atoms with van der Waals surface area (Å²) in [6.45, 7) is 5.30. The summed E-state index contributed by atoms with van der Waals surface area (Å²) in [6, 6.07) is 6.67. The lowest BCUT2D eigenvalue weighted by Gasteiger charge is -2.31. The van der Waals surface area contributed by atoms with Crippen LogP contribution in [0, 0.1) is 0 Å². The number of hydrogen-bond donors (Lipinski definition) is 0. The van der Waals surface area contributed by atoms with Crippen LogP contribution >= 0.6 is 0 Å². The Balaban J connectivity index is 1.73. The Bertz CT molecular complexity index is 518. The van der Waals surface area contributed by atoms with Gasteiger partial charge in [0.1, 0.15) is 0 Å². The zero-order chi connectivity index (χ0) is 14.2. The molecular formula is C18H25NO. The van der Waals surface area contributed by atoms with Gasteiger partial charge < -0.3 is 4.90 Å². The average molecular weight is 271 g/mol. The third-order valence-corrected chi connectivity index (χ3v) is 4.97. The van der Waals surface area contributed by atoms with Gasteiger partial charge in [-0.2, -0.15) is 0 Å². The maximum atomic E-state index is 12.5. The lowest BCUT2D eigenvalue weighted by molar-refractivity contribution is -0.133. The maximum Gasteiger partial charge on any atom is 0.227 e. The Morgan fingerprint density at radius 1 is 1.15 bits per heavy atom. The molecule has 1 aliphatic heterocycles. The van der Waals surface area contributed by atoms with E-state index in [0.717, 1.165) is 19.4 Å². The molecule has 0 bridgehead atoms. The summed E-state index contributed by atoms with van der Waals surface area (Å²) in [5.41, 5.74) is 4.21. The molecule has 1 amide bonds. The number of likely N-dealkylation sites (tertiary alicyclic amines) is 1. The average Bonchev–Trinajstić information content (AvgIpc) is 2.78. The van der Waals surface area contributed by atoms with E-state index in [2.05, 4.69) is 36.9 Å². The van der Waals surface area contributed by atoms with Gasteiger partial charge in [-0.25, -0.2) is 0 Å². The Morgan fingerprint density at radius 2 is 1.90 bits per heavy atom. The van der Waals surface area contributed by atoms with Crippen molar-refractivity contribution in [2.45, 2.75) is 64.3 Å². The van der Waals surface area contributed by atoms with Crippen molar-refractivity contribution in [2.24, 2.45) is 0 Å². The number of carbonyl (C=O) groups is 1. The lowest BCUT2D eigenvalue weighted by atomic mass is 9.90. The van der Waals surface area contributed by atoms with Crippen molar-refractivity contribution >= 4 is 5.91 Å². The lowest BCUT2D eigenvalue weighted by Crippen LogP contribution is -2.43. The number of carbonyl (C=O) groups excluding carboxylic acids is 1. The molecule has 1 heterocycles. The Morgan fingerprint density at radius 3 is 2.60 bits per heavy atom. The molecule has 0 spiro atoms. The second-order valence-corrected chi connectivity index (χ2v) is 6.95. The molecule has 2 heteroatoms. The van der Waals surface area contributed by atoms with E-state index < -0.39 is 0 Å². The predicted octanol–water partition coefficient (Wildman–Crippen LogP) is 3.51. The van der Waals surface area contributed by atoms with Crippen LogP contribution < -0.4 is 0 Å². The molecular weight excluding hydrogens is 246 g/mol. The van der Waals surface area contributed by atoms with Gasteiger partial charge in [0.2, 0.25) is 5.91 Å². The molecule has 1 aromatic carbocycles. The van der Waals surface area contributed by atoms with Crippen molar-refractivity contribution in [3.8, 4) is 0 Å². The van der Waals surface area contributed by atoms with Crippen LogP contribution in [0.25, 0.3) is 0 Å². The molecule has 0 aromatic heterocycles. The molecule has 0 atom stereocenters.